The first-order valence-electron chi connectivity index (χ1n) is 2.06. The van der Waals surface area contributed by atoms with Gasteiger partial charge >= 0.3 is 0 Å². The predicted molar refractivity (Wildman–Crippen MR) is 28.2 cm³/mol. The lowest BCUT2D eigenvalue weighted by atomic mass is 10.5. The van der Waals surface area contributed by atoms with Crippen molar-refractivity contribution >= 4 is 10.4 Å². The quantitative estimate of drug-likeness (QED) is 0.440. The molecule has 0 aromatic heterocycles. The second kappa shape index (κ2) is 4.18. The molecular weight excluding hydrogens is 78.1 g/mol. The van der Waals surface area contributed by atoms with E-state index in [1.807, 2.05) is 0 Å². The van der Waals surface area contributed by atoms with E-state index < -0.39 is 0 Å². The lowest BCUT2D eigenvalue weighted by Crippen LogP contribution is -2.07. The molecule has 1 N–H and O–H groups in total. The van der Waals surface area contributed by atoms with Gasteiger partial charge in [-0.05, 0) is 13.0 Å². The molecule has 0 aliphatic heterocycles. The molecule has 1 nitrogen and oxygen atoms in total. The first-order chi connectivity index (χ1) is 2.41. The fourth-order valence-corrected chi connectivity index (χ4v) is 0.750. The number of rotatable bonds is 2. The smallest absolute Gasteiger partial charge is 0.0749 e. The third-order valence-corrected chi connectivity index (χ3v) is 1.000. The first kappa shape index (κ1) is 5.18. The Morgan fingerprint density at radius 3 is 2.40 bits per heavy atom. The highest BCUT2D eigenvalue weighted by Crippen LogP contribution is 1.61. The van der Waals surface area contributed by atoms with Gasteiger partial charge in [0.2, 0.25) is 0 Å². The van der Waals surface area contributed by atoms with Crippen molar-refractivity contribution in [2.75, 3.05) is 6.54 Å². The molecule has 0 spiro atoms. The highest BCUT2D eigenvalue weighted by molar-refractivity contribution is 6.04. The summed E-state index contributed by atoms with van der Waals surface area (Å²) in [7, 11) is 1.15. The summed E-state index contributed by atoms with van der Waals surface area (Å²) in [5.74, 6) is 0. The van der Waals surface area contributed by atoms with E-state index in [1.54, 1.807) is 0 Å². The molecule has 0 radical (unpaired) electrons. The Hall–Kier alpha value is 0.177. The zero-order valence-electron chi connectivity index (χ0n) is 3.91. The van der Waals surface area contributed by atoms with Gasteiger partial charge in [0.25, 0.3) is 0 Å². The molecule has 2 heteroatoms. The summed E-state index contributed by atoms with van der Waals surface area (Å²) in [5, 5.41) is 0. The minimum absolute atomic E-state index is 1.15. The summed E-state index contributed by atoms with van der Waals surface area (Å²) in [6.07, 6.45) is 1.27. The Labute approximate surface area is 36.3 Å². The molecule has 0 saturated heterocycles. The van der Waals surface area contributed by atoms with Crippen LogP contribution in [0.2, 0.25) is 0 Å². The van der Waals surface area contributed by atoms with Crippen LogP contribution in [-0.4, -0.2) is 16.9 Å². The topological polar surface area (TPSA) is 12.0 Å². The van der Waals surface area contributed by atoms with Crippen LogP contribution in [-0.2, 0) is 0 Å². The summed E-state index contributed by atoms with van der Waals surface area (Å²) in [6.45, 7) is 3.37. The minimum atomic E-state index is 1.15. The van der Waals surface area contributed by atoms with Crippen molar-refractivity contribution in [2.45, 2.75) is 13.3 Å². The second-order valence-electron chi connectivity index (χ2n) is 1.10. The zero-order valence-corrected chi connectivity index (χ0v) is 5.91. The van der Waals surface area contributed by atoms with Gasteiger partial charge in [-0.15, -0.1) is 0 Å². The van der Waals surface area contributed by atoms with Crippen molar-refractivity contribution in [3.63, 3.8) is 0 Å². The highest BCUT2D eigenvalue weighted by atomic mass is 28.2. The largest absolute Gasteiger partial charge is 0.345 e. The Kier molecular flexibility index (Phi) is 4.32. The van der Waals surface area contributed by atoms with E-state index in [4.69, 9.17) is 0 Å². The number of hydrogen-bond donors (Lipinski definition) is 1. The van der Waals surface area contributed by atoms with E-state index in [9.17, 15) is 0 Å². The van der Waals surface area contributed by atoms with E-state index in [0.29, 0.717) is 0 Å². The molecule has 0 aromatic rings. The Morgan fingerprint density at radius 2 is 2.40 bits per heavy atom. The fourth-order valence-electron chi connectivity index (χ4n) is 0.250. The van der Waals surface area contributed by atoms with Crippen molar-refractivity contribution in [1.29, 1.82) is 0 Å². The second-order valence-corrected chi connectivity index (χ2v) is 1.81. The number of hydrogen-bond acceptors (Lipinski definition) is 1. The molecule has 0 bridgehead atoms. The average Bonchev–Trinajstić information content (AvgIpc) is 1.41. The van der Waals surface area contributed by atoms with Gasteiger partial charge in [-0.2, -0.15) is 0 Å². The molecule has 0 fully saturated rings. The fraction of sp³-hybridized carbons (Fsp3) is 1.00. The van der Waals surface area contributed by atoms with Crippen LogP contribution in [0.3, 0.4) is 0 Å². The van der Waals surface area contributed by atoms with Crippen molar-refractivity contribution in [1.82, 2.24) is 4.98 Å². The molecule has 0 rings (SSSR count). The monoisotopic (exact) mass is 89.1 g/mol. The van der Waals surface area contributed by atoms with Crippen LogP contribution in [0.25, 0.3) is 0 Å². The van der Waals surface area contributed by atoms with Crippen molar-refractivity contribution in [3.05, 3.63) is 0 Å². The lowest BCUT2D eigenvalue weighted by molar-refractivity contribution is 0.868. The van der Waals surface area contributed by atoms with Gasteiger partial charge in [0.15, 0.2) is 0 Å². The van der Waals surface area contributed by atoms with Gasteiger partial charge in [-0.1, -0.05) is 6.92 Å². The van der Waals surface area contributed by atoms with Gasteiger partial charge in [-0.3, -0.25) is 0 Å². The normalized spacial score (nSPS) is 9.00. The van der Waals surface area contributed by atoms with Gasteiger partial charge in [0.05, 0.1) is 10.4 Å². The van der Waals surface area contributed by atoms with Gasteiger partial charge in [0.1, 0.15) is 0 Å². The van der Waals surface area contributed by atoms with Crippen LogP contribution in [0.4, 0.5) is 0 Å². The Morgan fingerprint density at radius 1 is 1.80 bits per heavy atom. The molecule has 5 heavy (non-hydrogen) atoms. The van der Waals surface area contributed by atoms with Gasteiger partial charge in [-0.25, -0.2) is 0 Å². The van der Waals surface area contributed by atoms with Crippen LogP contribution in [0.15, 0.2) is 0 Å². The van der Waals surface area contributed by atoms with E-state index in [-0.39, 0.29) is 0 Å². The molecule has 0 amide bonds. The first-order valence-corrected chi connectivity index (χ1v) is 3.06. The third kappa shape index (κ3) is 4.18. The standard InChI is InChI=1S/C3H11NSi/c1-2-3-4-5/h4H,2-3H2,1,5H3. The maximum absolute atomic E-state index is 3.16. The summed E-state index contributed by atoms with van der Waals surface area (Å²) < 4.78 is 0. The Balaban J connectivity index is 2.19. The van der Waals surface area contributed by atoms with E-state index in [0.717, 1.165) is 10.4 Å². The molecule has 0 aromatic carbocycles. The van der Waals surface area contributed by atoms with Crippen molar-refractivity contribution in [2.24, 2.45) is 0 Å². The van der Waals surface area contributed by atoms with E-state index in [1.165, 1.54) is 13.0 Å². The molecule has 0 atom stereocenters. The molecule has 0 aliphatic rings. The maximum atomic E-state index is 3.16. The van der Waals surface area contributed by atoms with E-state index >= 15 is 0 Å². The summed E-state index contributed by atoms with van der Waals surface area (Å²) >= 11 is 0. The van der Waals surface area contributed by atoms with Crippen LogP contribution < -0.4 is 4.98 Å². The highest BCUT2D eigenvalue weighted by Gasteiger charge is 1.64. The number of nitrogens with one attached hydrogen (secondary N) is 1. The predicted octanol–water partition coefficient (Wildman–Crippen LogP) is -0.734. The Bertz CT molecular complexity index is 14.4. The van der Waals surface area contributed by atoms with Crippen molar-refractivity contribution < 1.29 is 0 Å². The lowest BCUT2D eigenvalue weighted by Gasteiger charge is -1.84. The molecule has 0 unspecified atom stereocenters. The maximum Gasteiger partial charge on any atom is 0.0749 e. The molecular formula is C3H11NSi. The van der Waals surface area contributed by atoms with Crippen molar-refractivity contribution in [3.8, 4) is 0 Å². The van der Waals surface area contributed by atoms with Crippen LogP contribution in [0, 0.1) is 0 Å². The summed E-state index contributed by atoms with van der Waals surface area (Å²) in [5.41, 5.74) is 0. The van der Waals surface area contributed by atoms with E-state index in [2.05, 4.69) is 11.9 Å². The summed E-state index contributed by atoms with van der Waals surface area (Å²) in [6, 6.07) is 0. The van der Waals surface area contributed by atoms with Gasteiger partial charge in [0, 0.05) is 0 Å². The molecule has 32 valence electrons. The SMILES string of the molecule is CCCN[SiH3]. The van der Waals surface area contributed by atoms with Crippen LogP contribution in [0.1, 0.15) is 13.3 Å². The molecule has 0 heterocycles. The van der Waals surface area contributed by atoms with Crippen LogP contribution >= 0.6 is 0 Å². The third-order valence-electron chi connectivity index (χ3n) is 0.500. The minimum Gasteiger partial charge on any atom is -0.345 e. The van der Waals surface area contributed by atoms with Crippen LogP contribution in [0.5, 0.6) is 0 Å². The molecule has 0 aliphatic carbocycles. The summed E-state index contributed by atoms with van der Waals surface area (Å²) in [4.78, 5) is 3.16. The molecule has 0 saturated carbocycles. The zero-order chi connectivity index (χ0) is 4.12. The van der Waals surface area contributed by atoms with Gasteiger partial charge < -0.3 is 4.98 Å². The average molecular weight is 89.2 g/mol.